The highest BCUT2D eigenvalue weighted by atomic mass is 16.3. The monoisotopic (exact) mass is 224 g/mol. The molecule has 0 rings (SSSR count). The van der Waals surface area contributed by atoms with E-state index in [1.165, 1.54) is 0 Å². The van der Waals surface area contributed by atoms with E-state index in [0.29, 0.717) is 0 Å². The molecule has 0 unspecified atom stereocenters. The van der Waals surface area contributed by atoms with Gasteiger partial charge in [-0.15, -0.1) is 0 Å². The van der Waals surface area contributed by atoms with Crippen LogP contribution in [0.2, 0.25) is 0 Å². The molecule has 15 heavy (non-hydrogen) atoms. The van der Waals surface area contributed by atoms with Crippen molar-refractivity contribution in [2.24, 2.45) is 10.8 Å². The van der Waals surface area contributed by atoms with E-state index in [-0.39, 0.29) is 38.4 Å². The van der Waals surface area contributed by atoms with Crippen LogP contribution in [0.25, 0.3) is 0 Å². The molecule has 0 atom stereocenters. The standard InChI is InChI=1S/C5H12O3.C5H12O2/c1-5(2-6,3-7)4-8;1-5(2,3-6)4-7/h6-8H,2-4H2,1H3;6-7H,3-4H2,1-2H3. The highest BCUT2D eigenvalue weighted by molar-refractivity contribution is 4.69. The van der Waals surface area contributed by atoms with Crippen LogP contribution in [-0.4, -0.2) is 58.6 Å². The maximum Gasteiger partial charge on any atom is 0.0528 e. The highest BCUT2D eigenvalue weighted by Gasteiger charge is 2.20. The summed E-state index contributed by atoms with van der Waals surface area (Å²) in [7, 11) is 0. The first-order valence-corrected chi connectivity index (χ1v) is 4.85. The van der Waals surface area contributed by atoms with Gasteiger partial charge in [-0.05, 0) is 0 Å². The van der Waals surface area contributed by atoms with Gasteiger partial charge in [0, 0.05) is 10.8 Å². The fourth-order valence-corrected chi connectivity index (χ4v) is 0.200. The van der Waals surface area contributed by atoms with Crippen molar-refractivity contribution in [1.82, 2.24) is 0 Å². The third-order valence-corrected chi connectivity index (χ3v) is 2.00. The highest BCUT2D eigenvalue weighted by Crippen LogP contribution is 2.11. The second-order valence-electron chi connectivity index (χ2n) is 4.77. The van der Waals surface area contributed by atoms with Gasteiger partial charge in [-0.1, -0.05) is 20.8 Å². The Morgan fingerprint density at radius 3 is 0.867 bits per heavy atom. The van der Waals surface area contributed by atoms with Gasteiger partial charge in [0.15, 0.2) is 0 Å². The third-order valence-electron chi connectivity index (χ3n) is 2.00. The Bertz CT molecular complexity index is 128. The molecule has 5 nitrogen and oxygen atoms in total. The van der Waals surface area contributed by atoms with Crippen LogP contribution in [0.4, 0.5) is 0 Å². The van der Waals surface area contributed by atoms with Gasteiger partial charge in [0.1, 0.15) is 0 Å². The molecule has 5 N–H and O–H groups in total. The van der Waals surface area contributed by atoms with Crippen LogP contribution in [-0.2, 0) is 0 Å². The molecule has 0 aliphatic carbocycles. The molecule has 0 aliphatic rings. The number of hydrogen-bond donors (Lipinski definition) is 5. The molecule has 94 valence electrons. The summed E-state index contributed by atoms with van der Waals surface area (Å²) >= 11 is 0. The van der Waals surface area contributed by atoms with Gasteiger partial charge < -0.3 is 25.5 Å². The van der Waals surface area contributed by atoms with E-state index < -0.39 is 5.41 Å². The molecule has 0 saturated carbocycles. The van der Waals surface area contributed by atoms with Gasteiger partial charge in [-0.25, -0.2) is 0 Å². The molecule has 0 spiro atoms. The van der Waals surface area contributed by atoms with E-state index in [1.807, 2.05) is 0 Å². The zero-order valence-corrected chi connectivity index (χ0v) is 9.77. The van der Waals surface area contributed by atoms with E-state index in [2.05, 4.69) is 0 Å². The van der Waals surface area contributed by atoms with Crippen molar-refractivity contribution >= 4 is 0 Å². The van der Waals surface area contributed by atoms with E-state index in [0.717, 1.165) is 0 Å². The zero-order chi connectivity index (χ0) is 12.5. The summed E-state index contributed by atoms with van der Waals surface area (Å²) in [5, 5.41) is 42.3. The van der Waals surface area contributed by atoms with Crippen molar-refractivity contribution < 1.29 is 25.5 Å². The molecule has 0 aromatic carbocycles. The summed E-state index contributed by atoms with van der Waals surface area (Å²) in [5.41, 5.74) is -1.01. The smallest absolute Gasteiger partial charge is 0.0528 e. The summed E-state index contributed by atoms with van der Waals surface area (Å²) in [6.45, 7) is 4.75. The van der Waals surface area contributed by atoms with Crippen molar-refractivity contribution in [3.05, 3.63) is 0 Å². The van der Waals surface area contributed by atoms with E-state index >= 15 is 0 Å². The number of aliphatic hydroxyl groups excluding tert-OH is 5. The lowest BCUT2D eigenvalue weighted by atomic mass is 9.95. The van der Waals surface area contributed by atoms with Crippen molar-refractivity contribution in [3.63, 3.8) is 0 Å². The lowest BCUT2D eigenvalue weighted by Gasteiger charge is -2.20. The molecule has 0 aromatic rings. The van der Waals surface area contributed by atoms with E-state index in [1.54, 1.807) is 20.8 Å². The van der Waals surface area contributed by atoms with E-state index in [4.69, 9.17) is 25.5 Å². The molecule has 0 aliphatic heterocycles. The molecular formula is C10H24O5. The molecule has 0 radical (unpaired) electrons. The molecular weight excluding hydrogens is 200 g/mol. The minimum atomic E-state index is -0.708. The summed E-state index contributed by atoms with van der Waals surface area (Å²) < 4.78 is 0. The second-order valence-corrected chi connectivity index (χ2v) is 4.77. The Labute approximate surface area is 91.0 Å². The van der Waals surface area contributed by atoms with Crippen molar-refractivity contribution in [2.75, 3.05) is 33.0 Å². The van der Waals surface area contributed by atoms with E-state index in [9.17, 15) is 0 Å². The molecule has 0 saturated heterocycles. The zero-order valence-electron chi connectivity index (χ0n) is 9.77. The maximum absolute atomic E-state index is 8.47. The van der Waals surface area contributed by atoms with Crippen molar-refractivity contribution in [3.8, 4) is 0 Å². The Morgan fingerprint density at radius 1 is 0.600 bits per heavy atom. The molecule has 0 fully saturated rings. The summed E-state index contributed by atoms with van der Waals surface area (Å²) in [6.07, 6.45) is 0. The Hall–Kier alpha value is -0.200. The maximum atomic E-state index is 8.47. The lowest BCUT2D eigenvalue weighted by molar-refractivity contribution is 0.0200. The summed E-state index contributed by atoms with van der Waals surface area (Å²) in [5.74, 6) is 0. The number of aliphatic hydroxyl groups is 5. The number of hydrogen-bond acceptors (Lipinski definition) is 5. The summed E-state index contributed by atoms with van der Waals surface area (Å²) in [4.78, 5) is 0. The minimum absolute atomic E-state index is 0.0451. The molecule has 0 heterocycles. The second kappa shape index (κ2) is 8.01. The van der Waals surface area contributed by atoms with Gasteiger partial charge >= 0.3 is 0 Å². The molecule has 5 heteroatoms. The average Bonchev–Trinajstić information content (AvgIpc) is 2.29. The van der Waals surface area contributed by atoms with Crippen LogP contribution in [0.3, 0.4) is 0 Å². The van der Waals surface area contributed by atoms with Crippen LogP contribution < -0.4 is 0 Å². The lowest BCUT2D eigenvalue weighted by Crippen LogP contribution is -2.29. The predicted octanol–water partition coefficient (Wildman–Crippen LogP) is -1.03. The van der Waals surface area contributed by atoms with Crippen molar-refractivity contribution in [1.29, 1.82) is 0 Å². The first-order chi connectivity index (χ1) is 6.80. The van der Waals surface area contributed by atoms with Crippen LogP contribution in [0.5, 0.6) is 0 Å². The Balaban J connectivity index is 0. The van der Waals surface area contributed by atoms with Gasteiger partial charge in [0.2, 0.25) is 0 Å². The minimum Gasteiger partial charge on any atom is -0.396 e. The fraction of sp³-hybridized carbons (Fsp3) is 1.00. The predicted molar refractivity (Wildman–Crippen MR) is 57.3 cm³/mol. The molecule has 0 amide bonds. The van der Waals surface area contributed by atoms with Crippen molar-refractivity contribution in [2.45, 2.75) is 20.8 Å². The topological polar surface area (TPSA) is 101 Å². The normalized spacial score (nSPS) is 12.0. The quantitative estimate of drug-likeness (QED) is 0.411. The Kier molecular flexibility index (Phi) is 9.19. The molecule has 0 bridgehead atoms. The SMILES string of the molecule is CC(C)(CO)CO.CC(CO)(CO)CO. The fourth-order valence-electron chi connectivity index (χ4n) is 0.200. The molecule has 0 aromatic heterocycles. The number of rotatable bonds is 5. The third kappa shape index (κ3) is 8.77. The first kappa shape index (κ1) is 17.2. The van der Waals surface area contributed by atoms with Gasteiger partial charge in [0.25, 0.3) is 0 Å². The largest absolute Gasteiger partial charge is 0.396 e. The van der Waals surface area contributed by atoms with Gasteiger partial charge in [0.05, 0.1) is 33.0 Å². The van der Waals surface area contributed by atoms with Crippen LogP contribution in [0.1, 0.15) is 20.8 Å². The van der Waals surface area contributed by atoms with Crippen LogP contribution in [0.15, 0.2) is 0 Å². The van der Waals surface area contributed by atoms with Crippen LogP contribution >= 0.6 is 0 Å². The first-order valence-electron chi connectivity index (χ1n) is 4.85. The van der Waals surface area contributed by atoms with Gasteiger partial charge in [-0.3, -0.25) is 0 Å². The average molecular weight is 224 g/mol. The van der Waals surface area contributed by atoms with Gasteiger partial charge in [-0.2, -0.15) is 0 Å². The summed E-state index contributed by atoms with van der Waals surface area (Å²) in [6, 6.07) is 0. The van der Waals surface area contributed by atoms with Crippen LogP contribution in [0, 0.1) is 10.8 Å². The Morgan fingerprint density at radius 2 is 0.867 bits per heavy atom.